The lowest BCUT2D eigenvalue weighted by molar-refractivity contribution is 0.273. The Bertz CT molecular complexity index is 470. The van der Waals surface area contributed by atoms with Crippen molar-refractivity contribution in [1.29, 1.82) is 0 Å². The second kappa shape index (κ2) is 6.58. The topological polar surface area (TPSA) is 100 Å². The van der Waals surface area contributed by atoms with Gasteiger partial charge in [0.05, 0.1) is 0 Å². The molecule has 96 valence electrons. The van der Waals surface area contributed by atoms with Gasteiger partial charge < -0.3 is 10.4 Å². The van der Waals surface area contributed by atoms with Crippen molar-refractivity contribution in [2.75, 3.05) is 19.4 Å². The number of aromatic amines is 1. The summed E-state index contributed by atoms with van der Waals surface area (Å²) >= 11 is 1.35. The van der Waals surface area contributed by atoms with Crippen molar-refractivity contribution in [3.05, 3.63) is 20.7 Å². The fourth-order valence-corrected chi connectivity index (χ4v) is 2.30. The molecule has 0 saturated carbocycles. The molecule has 1 aromatic heterocycles. The van der Waals surface area contributed by atoms with E-state index in [4.69, 9.17) is 5.11 Å². The quantitative estimate of drug-likeness (QED) is 0.426. The number of rotatable bonds is 6. The van der Waals surface area contributed by atoms with Gasteiger partial charge in [-0.3, -0.25) is 19.4 Å². The second-order valence-corrected chi connectivity index (χ2v) is 4.50. The smallest absolute Gasteiger partial charge is 0.339 e. The van der Waals surface area contributed by atoms with Crippen LogP contribution in [0.15, 0.2) is 14.7 Å². The SMILES string of the molecule is CNC(CCO)CSc1nc(=O)c(=O)[nH]n1C. The van der Waals surface area contributed by atoms with Gasteiger partial charge in [-0.25, -0.2) is 0 Å². The zero-order chi connectivity index (χ0) is 12.8. The summed E-state index contributed by atoms with van der Waals surface area (Å²) in [7, 11) is 3.43. The van der Waals surface area contributed by atoms with Crippen LogP contribution in [0.5, 0.6) is 0 Å². The van der Waals surface area contributed by atoms with Crippen molar-refractivity contribution in [1.82, 2.24) is 20.1 Å². The zero-order valence-corrected chi connectivity index (χ0v) is 10.6. The van der Waals surface area contributed by atoms with E-state index in [2.05, 4.69) is 15.4 Å². The molecule has 0 saturated heterocycles. The lowest BCUT2D eigenvalue weighted by atomic mass is 10.2. The molecule has 3 N–H and O–H groups in total. The summed E-state index contributed by atoms with van der Waals surface area (Å²) in [5.41, 5.74) is -1.51. The van der Waals surface area contributed by atoms with E-state index in [9.17, 15) is 9.59 Å². The number of aliphatic hydroxyl groups is 1. The Hall–Kier alpha value is -1.12. The first kappa shape index (κ1) is 13.9. The molecule has 1 atom stereocenters. The number of nitrogens with one attached hydrogen (secondary N) is 2. The number of thioether (sulfide) groups is 1. The molecular weight excluding hydrogens is 244 g/mol. The van der Waals surface area contributed by atoms with Crippen molar-refractivity contribution in [3.8, 4) is 0 Å². The third kappa shape index (κ3) is 3.99. The minimum atomic E-state index is -0.784. The third-order valence-corrected chi connectivity index (χ3v) is 3.44. The van der Waals surface area contributed by atoms with Crippen LogP contribution in [0.4, 0.5) is 0 Å². The molecule has 0 aliphatic heterocycles. The van der Waals surface area contributed by atoms with Crippen LogP contribution in [0.1, 0.15) is 6.42 Å². The molecule has 0 aliphatic rings. The molecule has 17 heavy (non-hydrogen) atoms. The maximum atomic E-state index is 11.1. The van der Waals surface area contributed by atoms with E-state index >= 15 is 0 Å². The highest BCUT2D eigenvalue weighted by molar-refractivity contribution is 7.99. The van der Waals surface area contributed by atoms with Crippen LogP contribution in [0.3, 0.4) is 0 Å². The van der Waals surface area contributed by atoms with Gasteiger partial charge in [0.1, 0.15) is 0 Å². The van der Waals surface area contributed by atoms with Crippen LogP contribution in [0.2, 0.25) is 0 Å². The summed E-state index contributed by atoms with van der Waals surface area (Å²) in [6.45, 7) is 0.101. The molecule has 0 aromatic carbocycles. The van der Waals surface area contributed by atoms with Gasteiger partial charge in [-0.2, -0.15) is 4.98 Å². The average molecular weight is 260 g/mol. The monoisotopic (exact) mass is 260 g/mol. The number of aromatic nitrogens is 3. The molecule has 8 heteroatoms. The second-order valence-electron chi connectivity index (χ2n) is 3.51. The number of nitrogens with zero attached hydrogens (tertiary/aromatic N) is 2. The van der Waals surface area contributed by atoms with Crippen molar-refractivity contribution in [3.63, 3.8) is 0 Å². The summed E-state index contributed by atoms with van der Waals surface area (Å²) in [6, 6.07) is 0.133. The van der Waals surface area contributed by atoms with Crippen LogP contribution in [0, 0.1) is 0 Å². The summed E-state index contributed by atoms with van der Waals surface area (Å²) < 4.78 is 1.42. The average Bonchev–Trinajstić information content (AvgIpc) is 2.30. The molecule has 1 rings (SSSR count). The molecule has 1 aromatic rings. The first-order valence-corrected chi connectivity index (χ1v) is 6.15. The Balaban J connectivity index is 2.72. The third-order valence-electron chi connectivity index (χ3n) is 2.25. The van der Waals surface area contributed by atoms with Gasteiger partial charge in [0, 0.05) is 25.4 Å². The predicted molar refractivity (Wildman–Crippen MR) is 65.4 cm³/mol. The summed E-state index contributed by atoms with van der Waals surface area (Å²) in [5.74, 6) is 0.656. The molecule has 0 spiro atoms. The summed E-state index contributed by atoms with van der Waals surface area (Å²) in [6.07, 6.45) is 0.626. The molecule has 0 bridgehead atoms. The molecule has 0 radical (unpaired) electrons. The van der Waals surface area contributed by atoms with Crippen LogP contribution in [-0.2, 0) is 7.05 Å². The first-order valence-electron chi connectivity index (χ1n) is 5.16. The normalized spacial score (nSPS) is 12.6. The van der Waals surface area contributed by atoms with Crippen molar-refractivity contribution in [2.45, 2.75) is 17.6 Å². The van der Waals surface area contributed by atoms with Gasteiger partial charge in [-0.15, -0.1) is 0 Å². The highest BCUT2D eigenvalue weighted by Crippen LogP contribution is 2.13. The van der Waals surface area contributed by atoms with Gasteiger partial charge in [-0.1, -0.05) is 11.8 Å². The number of aliphatic hydroxyl groups excluding tert-OH is 1. The van der Waals surface area contributed by atoms with Gasteiger partial charge in [0.2, 0.25) is 0 Å². The Morgan fingerprint density at radius 2 is 2.29 bits per heavy atom. The van der Waals surface area contributed by atoms with E-state index in [0.717, 1.165) is 0 Å². The lowest BCUT2D eigenvalue weighted by Gasteiger charge is -2.14. The van der Waals surface area contributed by atoms with Gasteiger partial charge in [-0.05, 0) is 13.5 Å². The van der Waals surface area contributed by atoms with Crippen molar-refractivity contribution < 1.29 is 5.11 Å². The van der Waals surface area contributed by atoms with Crippen LogP contribution < -0.4 is 16.4 Å². The van der Waals surface area contributed by atoms with Crippen molar-refractivity contribution >= 4 is 11.8 Å². The molecular formula is C9H16N4O3S. The molecule has 0 fully saturated rings. The molecule has 0 aliphatic carbocycles. The van der Waals surface area contributed by atoms with Gasteiger partial charge >= 0.3 is 11.1 Å². The lowest BCUT2D eigenvalue weighted by Crippen LogP contribution is -2.34. The Labute approximate surface area is 102 Å². The Kier molecular flexibility index (Phi) is 5.39. The number of aryl methyl sites for hydroxylation is 1. The van der Waals surface area contributed by atoms with Crippen LogP contribution in [0.25, 0.3) is 0 Å². The summed E-state index contributed by atoms with van der Waals surface area (Å²) in [5, 5.41) is 14.7. The predicted octanol–water partition coefficient (Wildman–Crippen LogP) is -1.47. The number of hydrogen-bond acceptors (Lipinski definition) is 6. The maximum Gasteiger partial charge on any atom is 0.339 e. The van der Waals surface area contributed by atoms with Crippen LogP contribution >= 0.6 is 11.8 Å². The standard InChI is InChI=1S/C9H16N4O3S/c1-10-6(3-4-14)5-17-9-11-7(15)8(16)12-13(9)2/h6,10,14H,3-5H2,1-2H3,(H,12,16). The summed E-state index contributed by atoms with van der Waals surface area (Å²) in [4.78, 5) is 25.8. The largest absolute Gasteiger partial charge is 0.396 e. The van der Waals surface area contributed by atoms with E-state index in [-0.39, 0.29) is 12.6 Å². The number of hydrogen-bond donors (Lipinski definition) is 3. The van der Waals surface area contributed by atoms with E-state index in [1.807, 2.05) is 0 Å². The highest BCUT2D eigenvalue weighted by Gasteiger charge is 2.09. The fraction of sp³-hybridized carbons (Fsp3) is 0.667. The van der Waals surface area contributed by atoms with E-state index < -0.39 is 11.1 Å². The zero-order valence-electron chi connectivity index (χ0n) is 9.77. The first-order chi connectivity index (χ1) is 8.08. The van der Waals surface area contributed by atoms with E-state index in [1.165, 1.54) is 16.4 Å². The van der Waals surface area contributed by atoms with Crippen molar-refractivity contribution in [2.24, 2.45) is 7.05 Å². The minimum absolute atomic E-state index is 0.101. The number of H-pyrrole nitrogens is 1. The molecule has 1 heterocycles. The molecule has 0 amide bonds. The van der Waals surface area contributed by atoms with E-state index in [0.29, 0.717) is 17.3 Å². The highest BCUT2D eigenvalue weighted by atomic mass is 32.2. The van der Waals surface area contributed by atoms with Crippen LogP contribution in [-0.4, -0.2) is 45.3 Å². The molecule has 1 unspecified atom stereocenters. The van der Waals surface area contributed by atoms with Gasteiger partial charge in [0.25, 0.3) is 0 Å². The maximum absolute atomic E-state index is 11.1. The fourth-order valence-electron chi connectivity index (χ4n) is 1.23. The van der Waals surface area contributed by atoms with Gasteiger partial charge in [0.15, 0.2) is 5.16 Å². The Morgan fingerprint density at radius 3 is 2.88 bits per heavy atom. The Morgan fingerprint density at radius 1 is 1.59 bits per heavy atom. The molecule has 7 nitrogen and oxygen atoms in total. The minimum Gasteiger partial charge on any atom is -0.396 e. The van der Waals surface area contributed by atoms with E-state index in [1.54, 1.807) is 14.1 Å².